The van der Waals surface area contributed by atoms with E-state index in [0.29, 0.717) is 11.8 Å². The van der Waals surface area contributed by atoms with Crippen molar-refractivity contribution in [1.29, 1.82) is 0 Å². The van der Waals surface area contributed by atoms with Crippen molar-refractivity contribution in [3.05, 3.63) is 0 Å². The van der Waals surface area contributed by atoms with Crippen LogP contribution < -0.4 is 0 Å². The van der Waals surface area contributed by atoms with Gasteiger partial charge < -0.3 is 4.74 Å². The number of methoxy groups -OCH3 is 1. The Labute approximate surface area is 89.2 Å². The molecule has 4 aliphatic rings. The second-order valence-electron chi connectivity index (χ2n) is 5.24. The fourth-order valence-electron chi connectivity index (χ4n) is 4.27. The van der Waals surface area contributed by atoms with E-state index in [1.54, 1.807) is 0 Å². The zero-order chi connectivity index (χ0) is 10.6. The largest absolute Gasteiger partial charge is 0.468 e. The number of Topliss-reactive ketones (excluding diaryl/α,β-unsaturated/α-hetero) is 1. The Morgan fingerprint density at radius 1 is 1.40 bits per heavy atom. The van der Waals surface area contributed by atoms with Crippen molar-refractivity contribution in [3.8, 4) is 0 Å². The number of ether oxygens (including phenoxy) is 1. The molecule has 3 heteroatoms. The molecule has 3 nitrogen and oxygen atoms in total. The van der Waals surface area contributed by atoms with Gasteiger partial charge in [0, 0.05) is 5.92 Å². The molecule has 0 aromatic carbocycles. The lowest BCUT2D eigenvalue weighted by atomic mass is 9.55. The van der Waals surface area contributed by atoms with E-state index in [4.69, 9.17) is 4.74 Å². The van der Waals surface area contributed by atoms with Crippen LogP contribution in [0.4, 0.5) is 0 Å². The molecule has 4 fully saturated rings. The first-order valence-electron chi connectivity index (χ1n) is 5.83. The normalized spacial score (nSPS) is 47.0. The van der Waals surface area contributed by atoms with E-state index in [1.807, 2.05) is 0 Å². The van der Waals surface area contributed by atoms with Gasteiger partial charge in [-0.2, -0.15) is 0 Å². The number of hydrogen-bond acceptors (Lipinski definition) is 3. The van der Waals surface area contributed by atoms with E-state index in [1.165, 1.54) is 7.11 Å². The minimum Gasteiger partial charge on any atom is -0.468 e. The molecule has 4 unspecified atom stereocenters. The molecule has 0 heterocycles. The van der Waals surface area contributed by atoms with Crippen molar-refractivity contribution < 1.29 is 14.3 Å². The third-order valence-corrected chi connectivity index (χ3v) is 4.89. The van der Waals surface area contributed by atoms with E-state index < -0.39 is 5.41 Å². The van der Waals surface area contributed by atoms with Gasteiger partial charge in [0.1, 0.15) is 5.41 Å². The molecule has 0 radical (unpaired) electrons. The van der Waals surface area contributed by atoms with Gasteiger partial charge in [-0.25, -0.2) is 0 Å². The summed E-state index contributed by atoms with van der Waals surface area (Å²) in [5.41, 5.74) is -0.722. The second kappa shape index (κ2) is 2.83. The second-order valence-corrected chi connectivity index (χ2v) is 5.24. The predicted molar refractivity (Wildman–Crippen MR) is 53.0 cm³/mol. The average molecular weight is 208 g/mol. The van der Waals surface area contributed by atoms with E-state index in [0.717, 1.165) is 32.1 Å². The van der Waals surface area contributed by atoms with Gasteiger partial charge in [-0.05, 0) is 43.9 Å². The van der Waals surface area contributed by atoms with E-state index in [9.17, 15) is 9.59 Å². The van der Waals surface area contributed by atoms with Crippen molar-refractivity contribution in [2.45, 2.75) is 32.1 Å². The molecule has 4 bridgehead atoms. The van der Waals surface area contributed by atoms with Gasteiger partial charge in [-0.1, -0.05) is 0 Å². The van der Waals surface area contributed by atoms with Crippen LogP contribution >= 0.6 is 0 Å². The lowest BCUT2D eigenvalue weighted by molar-refractivity contribution is -0.169. The van der Waals surface area contributed by atoms with Crippen LogP contribution in [-0.2, 0) is 14.3 Å². The van der Waals surface area contributed by atoms with Crippen LogP contribution in [0, 0.1) is 23.2 Å². The van der Waals surface area contributed by atoms with Crippen LogP contribution in [0.1, 0.15) is 32.1 Å². The van der Waals surface area contributed by atoms with Crippen LogP contribution in [0.5, 0.6) is 0 Å². The summed E-state index contributed by atoms with van der Waals surface area (Å²) in [4.78, 5) is 24.2. The highest BCUT2D eigenvalue weighted by atomic mass is 16.5. The van der Waals surface area contributed by atoms with Crippen LogP contribution in [0.25, 0.3) is 0 Å². The molecule has 15 heavy (non-hydrogen) atoms. The van der Waals surface area contributed by atoms with E-state index in [2.05, 4.69) is 0 Å². The van der Waals surface area contributed by atoms with Crippen molar-refractivity contribution in [2.24, 2.45) is 23.2 Å². The van der Waals surface area contributed by atoms with Crippen molar-refractivity contribution >= 4 is 11.8 Å². The van der Waals surface area contributed by atoms with Crippen molar-refractivity contribution in [3.63, 3.8) is 0 Å². The summed E-state index contributed by atoms with van der Waals surface area (Å²) in [5.74, 6) is 0.994. The Morgan fingerprint density at radius 3 is 2.93 bits per heavy atom. The Bertz CT molecular complexity index is 336. The van der Waals surface area contributed by atoms with Crippen LogP contribution in [-0.4, -0.2) is 18.9 Å². The highest BCUT2D eigenvalue weighted by Crippen LogP contribution is 2.61. The quantitative estimate of drug-likeness (QED) is 0.485. The number of esters is 1. The lowest BCUT2D eigenvalue weighted by Crippen LogP contribution is -2.54. The molecular formula is C12H16O3. The minimum atomic E-state index is -0.722. The lowest BCUT2D eigenvalue weighted by Gasteiger charge is -2.46. The van der Waals surface area contributed by atoms with Gasteiger partial charge >= 0.3 is 5.97 Å². The van der Waals surface area contributed by atoms with Gasteiger partial charge in [0.05, 0.1) is 7.11 Å². The molecule has 0 aliphatic heterocycles. The summed E-state index contributed by atoms with van der Waals surface area (Å²) in [5, 5.41) is 0. The predicted octanol–water partition coefficient (Wildman–Crippen LogP) is 1.55. The number of ketones is 1. The maximum Gasteiger partial charge on any atom is 0.319 e. The first-order valence-corrected chi connectivity index (χ1v) is 5.83. The van der Waals surface area contributed by atoms with Crippen molar-refractivity contribution in [1.82, 2.24) is 0 Å². The molecule has 0 aromatic heterocycles. The number of hydrogen-bond donors (Lipinski definition) is 0. The Kier molecular flexibility index (Phi) is 1.77. The SMILES string of the molecule is COC(=O)C12CCC3CC(CCC31)C2=O. The molecule has 0 amide bonds. The molecule has 4 rings (SSSR count). The highest BCUT2D eigenvalue weighted by Gasteiger charge is 2.65. The molecule has 82 valence electrons. The summed E-state index contributed by atoms with van der Waals surface area (Å²) in [6, 6.07) is 0. The van der Waals surface area contributed by atoms with Crippen molar-refractivity contribution in [2.75, 3.05) is 7.11 Å². The summed E-state index contributed by atoms with van der Waals surface area (Å²) < 4.78 is 4.87. The van der Waals surface area contributed by atoms with Crippen LogP contribution in [0.3, 0.4) is 0 Å². The van der Waals surface area contributed by atoms with Crippen LogP contribution in [0.15, 0.2) is 0 Å². The number of carbonyl (C=O) groups is 2. The average Bonchev–Trinajstić information content (AvgIpc) is 2.61. The molecule has 4 atom stereocenters. The van der Waals surface area contributed by atoms with Gasteiger partial charge in [0.25, 0.3) is 0 Å². The Morgan fingerprint density at radius 2 is 2.20 bits per heavy atom. The molecule has 4 aliphatic carbocycles. The fourth-order valence-corrected chi connectivity index (χ4v) is 4.27. The van der Waals surface area contributed by atoms with Gasteiger partial charge in [0.15, 0.2) is 5.78 Å². The number of carbonyl (C=O) groups excluding carboxylic acids is 2. The topological polar surface area (TPSA) is 43.4 Å². The zero-order valence-corrected chi connectivity index (χ0v) is 8.99. The molecular weight excluding hydrogens is 192 g/mol. The molecule has 0 aromatic rings. The maximum absolute atomic E-state index is 12.3. The van der Waals surface area contributed by atoms with E-state index in [-0.39, 0.29) is 17.7 Å². The Hall–Kier alpha value is -0.860. The smallest absolute Gasteiger partial charge is 0.319 e. The molecule has 4 saturated carbocycles. The highest BCUT2D eigenvalue weighted by molar-refractivity contribution is 6.06. The standard InChI is InChI=1S/C12H16O3/c1-15-11(14)12-5-4-7-6-8(10(12)13)2-3-9(7)12/h7-9H,2-6H2,1H3. The van der Waals surface area contributed by atoms with Gasteiger partial charge in [-0.3, -0.25) is 9.59 Å². The van der Waals surface area contributed by atoms with Gasteiger partial charge in [-0.15, -0.1) is 0 Å². The summed E-state index contributed by atoms with van der Waals surface area (Å²) in [6.45, 7) is 0. The Balaban J connectivity index is 2.07. The third-order valence-electron chi connectivity index (χ3n) is 4.89. The fraction of sp³-hybridized carbons (Fsp3) is 0.833. The molecule has 0 N–H and O–H groups in total. The zero-order valence-electron chi connectivity index (χ0n) is 8.99. The summed E-state index contributed by atoms with van der Waals surface area (Å²) >= 11 is 0. The first-order chi connectivity index (χ1) is 7.20. The number of rotatable bonds is 1. The monoisotopic (exact) mass is 208 g/mol. The first kappa shape index (κ1) is 9.37. The summed E-state index contributed by atoms with van der Waals surface area (Å²) in [7, 11) is 1.40. The summed E-state index contributed by atoms with van der Waals surface area (Å²) in [6.07, 6.45) is 4.86. The number of fused-ring (bicyclic) bond motifs is 1. The minimum absolute atomic E-state index is 0.154. The maximum atomic E-state index is 12.3. The van der Waals surface area contributed by atoms with E-state index >= 15 is 0 Å². The third kappa shape index (κ3) is 0.918. The molecule has 0 spiro atoms. The van der Waals surface area contributed by atoms with Crippen LogP contribution in [0.2, 0.25) is 0 Å². The van der Waals surface area contributed by atoms with Gasteiger partial charge in [0.2, 0.25) is 0 Å². The molecule has 0 saturated heterocycles.